The number of benzene rings is 2. The second-order valence-corrected chi connectivity index (χ2v) is 6.86. The fraction of sp³-hybridized carbons (Fsp3) is 0.333. The van der Waals surface area contributed by atoms with Crippen molar-refractivity contribution in [2.24, 2.45) is 5.41 Å². The van der Waals surface area contributed by atoms with E-state index in [1.54, 1.807) is 26.0 Å². The predicted molar refractivity (Wildman–Crippen MR) is 99.9 cm³/mol. The van der Waals surface area contributed by atoms with E-state index in [1.807, 2.05) is 37.3 Å². The van der Waals surface area contributed by atoms with Gasteiger partial charge in [0.15, 0.2) is 0 Å². The minimum absolute atomic E-state index is 0.185. The zero-order chi connectivity index (χ0) is 19.2. The van der Waals surface area contributed by atoms with E-state index < -0.39 is 5.41 Å². The SMILES string of the molecule is CC(NC(=O)C(C)(C)C(=O)NCCc1ccc(F)cc1)c1ccccc1. The lowest BCUT2D eigenvalue weighted by molar-refractivity contribution is -0.141. The van der Waals surface area contributed by atoms with Gasteiger partial charge >= 0.3 is 0 Å². The number of hydrogen-bond donors (Lipinski definition) is 2. The van der Waals surface area contributed by atoms with Gasteiger partial charge in [-0.3, -0.25) is 9.59 Å². The highest BCUT2D eigenvalue weighted by Gasteiger charge is 2.36. The summed E-state index contributed by atoms with van der Waals surface area (Å²) in [5.41, 5.74) is 0.714. The van der Waals surface area contributed by atoms with Gasteiger partial charge in [-0.25, -0.2) is 4.39 Å². The molecule has 0 saturated heterocycles. The van der Waals surface area contributed by atoms with Gasteiger partial charge < -0.3 is 10.6 Å². The van der Waals surface area contributed by atoms with Crippen molar-refractivity contribution in [3.05, 3.63) is 71.5 Å². The second-order valence-electron chi connectivity index (χ2n) is 6.86. The van der Waals surface area contributed by atoms with E-state index in [0.29, 0.717) is 13.0 Å². The molecule has 0 heterocycles. The number of carbonyl (C=O) groups excluding carboxylic acids is 2. The minimum atomic E-state index is -1.19. The van der Waals surface area contributed by atoms with Crippen molar-refractivity contribution in [1.29, 1.82) is 0 Å². The fourth-order valence-electron chi connectivity index (χ4n) is 2.50. The lowest BCUT2D eigenvalue weighted by Crippen LogP contribution is -2.48. The van der Waals surface area contributed by atoms with E-state index in [9.17, 15) is 14.0 Å². The van der Waals surface area contributed by atoms with Crippen LogP contribution in [-0.4, -0.2) is 18.4 Å². The van der Waals surface area contributed by atoms with Gasteiger partial charge in [-0.2, -0.15) is 0 Å². The molecule has 1 unspecified atom stereocenters. The highest BCUT2D eigenvalue weighted by Crippen LogP contribution is 2.19. The van der Waals surface area contributed by atoms with Crippen molar-refractivity contribution in [3.8, 4) is 0 Å². The summed E-state index contributed by atoms with van der Waals surface area (Å²) in [6.07, 6.45) is 0.574. The van der Waals surface area contributed by atoms with Crippen LogP contribution in [0.2, 0.25) is 0 Å². The Morgan fingerprint density at radius 3 is 2.23 bits per heavy atom. The van der Waals surface area contributed by atoms with Crippen molar-refractivity contribution < 1.29 is 14.0 Å². The topological polar surface area (TPSA) is 58.2 Å². The van der Waals surface area contributed by atoms with E-state index in [1.165, 1.54) is 12.1 Å². The first kappa shape index (κ1) is 19.6. The van der Waals surface area contributed by atoms with Gasteiger partial charge in [0.05, 0.1) is 6.04 Å². The molecule has 2 amide bonds. The molecule has 2 rings (SSSR count). The molecule has 0 fully saturated rings. The number of carbonyl (C=O) groups is 2. The van der Waals surface area contributed by atoms with Gasteiger partial charge in [0.25, 0.3) is 0 Å². The third kappa shape index (κ3) is 5.15. The molecule has 0 spiro atoms. The predicted octanol–water partition coefficient (Wildman–Crippen LogP) is 3.39. The monoisotopic (exact) mass is 356 g/mol. The zero-order valence-corrected chi connectivity index (χ0v) is 15.4. The third-order valence-electron chi connectivity index (χ3n) is 4.39. The normalized spacial score (nSPS) is 12.3. The van der Waals surface area contributed by atoms with E-state index in [0.717, 1.165) is 11.1 Å². The molecule has 0 saturated carbocycles. The first-order chi connectivity index (χ1) is 12.3. The Morgan fingerprint density at radius 1 is 1.00 bits per heavy atom. The van der Waals surface area contributed by atoms with Gasteiger partial charge in [-0.15, -0.1) is 0 Å². The van der Waals surface area contributed by atoms with Crippen LogP contribution in [0.3, 0.4) is 0 Å². The summed E-state index contributed by atoms with van der Waals surface area (Å²) in [7, 11) is 0. The minimum Gasteiger partial charge on any atom is -0.355 e. The average Bonchev–Trinajstić information content (AvgIpc) is 2.63. The summed E-state index contributed by atoms with van der Waals surface area (Å²) in [4.78, 5) is 25.0. The van der Waals surface area contributed by atoms with Crippen LogP contribution in [-0.2, 0) is 16.0 Å². The Labute approximate surface area is 153 Å². The highest BCUT2D eigenvalue weighted by atomic mass is 19.1. The Kier molecular flexibility index (Phi) is 6.50. The maximum absolute atomic E-state index is 12.9. The standard InChI is InChI=1S/C21H25FN2O2/c1-15(17-7-5-4-6-8-17)24-20(26)21(2,3)19(25)23-14-13-16-9-11-18(22)12-10-16/h4-12,15H,13-14H2,1-3H3,(H,23,25)(H,24,26). The molecule has 4 nitrogen and oxygen atoms in total. The van der Waals surface area contributed by atoms with Crippen LogP contribution in [0.4, 0.5) is 4.39 Å². The third-order valence-corrected chi connectivity index (χ3v) is 4.39. The van der Waals surface area contributed by atoms with Gasteiger partial charge in [-0.1, -0.05) is 42.5 Å². The molecule has 26 heavy (non-hydrogen) atoms. The summed E-state index contributed by atoms with van der Waals surface area (Å²) in [5, 5.41) is 5.68. The zero-order valence-electron chi connectivity index (χ0n) is 15.4. The second kappa shape index (κ2) is 8.61. The molecular weight excluding hydrogens is 331 g/mol. The fourth-order valence-corrected chi connectivity index (χ4v) is 2.50. The van der Waals surface area contributed by atoms with Crippen LogP contribution in [0, 0.1) is 11.2 Å². The summed E-state index contributed by atoms with van der Waals surface area (Å²) in [6, 6.07) is 15.5. The van der Waals surface area contributed by atoms with Crippen molar-refractivity contribution in [3.63, 3.8) is 0 Å². The largest absolute Gasteiger partial charge is 0.355 e. The molecule has 0 bridgehead atoms. The summed E-state index contributed by atoms with van der Waals surface area (Å²) < 4.78 is 12.9. The average molecular weight is 356 g/mol. The van der Waals surface area contributed by atoms with Crippen LogP contribution >= 0.6 is 0 Å². The molecule has 138 valence electrons. The first-order valence-electron chi connectivity index (χ1n) is 8.69. The molecule has 0 aliphatic carbocycles. The van der Waals surface area contributed by atoms with Crippen LogP contribution in [0.25, 0.3) is 0 Å². The number of nitrogens with one attached hydrogen (secondary N) is 2. The van der Waals surface area contributed by atoms with E-state index in [4.69, 9.17) is 0 Å². The lowest BCUT2D eigenvalue weighted by Gasteiger charge is -2.25. The Hall–Kier alpha value is -2.69. The summed E-state index contributed by atoms with van der Waals surface area (Å²) in [5.74, 6) is -0.950. The molecule has 5 heteroatoms. The number of hydrogen-bond acceptors (Lipinski definition) is 2. The molecule has 2 N–H and O–H groups in total. The molecule has 0 aliphatic heterocycles. The van der Waals surface area contributed by atoms with Crippen molar-refractivity contribution in [2.45, 2.75) is 33.2 Å². The van der Waals surface area contributed by atoms with E-state index >= 15 is 0 Å². The summed E-state index contributed by atoms with van der Waals surface area (Å²) in [6.45, 7) is 5.48. The maximum Gasteiger partial charge on any atom is 0.235 e. The van der Waals surface area contributed by atoms with Crippen LogP contribution in [0.1, 0.15) is 37.9 Å². The quantitative estimate of drug-likeness (QED) is 0.747. The molecular formula is C21H25FN2O2. The van der Waals surface area contributed by atoms with Crippen molar-refractivity contribution >= 4 is 11.8 Å². The van der Waals surface area contributed by atoms with Crippen molar-refractivity contribution in [2.75, 3.05) is 6.54 Å². The Balaban J connectivity index is 1.87. The van der Waals surface area contributed by atoms with Gasteiger partial charge in [0.2, 0.25) is 11.8 Å². The molecule has 2 aromatic carbocycles. The first-order valence-corrected chi connectivity index (χ1v) is 8.69. The highest BCUT2D eigenvalue weighted by molar-refractivity contribution is 6.04. The molecule has 0 aliphatic rings. The van der Waals surface area contributed by atoms with E-state index in [2.05, 4.69) is 10.6 Å². The molecule has 0 radical (unpaired) electrons. The molecule has 2 aromatic rings. The van der Waals surface area contributed by atoms with Crippen LogP contribution < -0.4 is 10.6 Å². The molecule has 1 atom stereocenters. The van der Waals surface area contributed by atoms with Crippen LogP contribution in [0.5, 0.6) is 0 Å². The molecule has 0 aromatic heterocycles. The van der Waals surface area contributed by atoms with E-state index in [-0.39, 0.29) is 23.7 Å². The smallest absolute Gasteiger partial charge is 0.235 e. The van der Waals surface area contributed by atoms with Gasteiger partial charge in [0.1, 0.15) is 11.2 Å². The van der Waals surface area contributed by atoms with Crippen molar-refractivity contribution in [1.82, 2.24) is 10.6 Å². The number of rotatable bonds is 7. The lowest BCUT2D eigenvalue weighted by atomic mass is 9.90. The summed E-state index contributed by atoms with van der Waals surface area (Å²) >= 11 is 0. The van der Waals surface area contributed by atoms with Gasteiger partial charge in [0, 0.05) is 6.54 Å². The van der Waals surface area contributed by atoms with Gasteiger partial charge in [-0.05, 0) is 50.5 Å². The maximum atomic E-state index is 12.9. The number of amides is 2. The van der Waals surface area contributed by atoms with Crippen LogP contribution in [0.15, 0.2) is 54.6 Å². The Morgan fingerprint density at radius 2 is 1.62 bits per heavy atom. The number of halogens is 1. The Bertz CT molecular complexity index is 742.